The van der Waals surface area contributed by atoms with Crippen LogP contribution < -0.4 is 19.7 Å². The first-order valence-electron chi connectivity index (χ1n) is 7.68. The van der Waals surface area contributed by atoms with Gasteiger partial charge in [-0.15, -0.1) is 0 Å². The first-order chi connectivity index (χ1) is 12.0. The maximum atomic E-state index is 12.3. The average molecular weight is 347 g/mol. The summed E-state index contributed by atoms with van der Waals surface area (Å²) in [5.41, 5.74) is 0.435. The zero-order valence-corrected chi connectivity index (χ0v) is 14.7. The molecule has 0 fully saturated rings. The zero-order chi connectivity index (χ0) is 18.4. The number of anilines is 1. The fourth-order valence-electron chi connectivity index (χ4n) is 2.27. The van der Waals surface area contributed by atoms with Crippen LogP contribution in [0.3, 0.4) is 0 Å². The maximum Gasteiger partial charge on any atom is 0.251 e. The van der Waals surface area contributed by atoms with E-state index in [1.165, 1.54) is 26.0 Å². The molecule has 8 heteroatoms. The number of hydrogen-bond donors (Lipinski definition) is 1. The molecule has 0 radical (unpaired) electrons. The van der Waals surface area contributed by atoms with E-state index in [9.17, 15) is 9.59 Å². The summed E-state index contributed by atoms with van der Waals surface area (Å²) in [6, 6.07) is 6.56. The van der Waals surface area contributed by atoms with Gasteiger partial charge in [0.15, 0.2) is 17.3 Å². The van der Waals surface area contributed by atoms with E-state index in [4.69, 9.17) is 14.0 Å². The first-order valence-corrected chi connectivity index (χ1v) is 7.68. The van der Waals surface area contributed by atoms with E-state index in [1.807, 2.05) is 0 Å². The number of nitrogens with one attached hydrogen (secondary N) is 1. The molecule has 0 bridgehead atoms. The molecule has 0 aliphatic rings. The number of carbonyl (C=O) groups is 2. The number of amides is 2. The van der Waals surface area contributed by atoms with E-state index < -0.39 is 0 Å². The molecule has 25 heavy (non-hydrogen) atoms. The first kappa shape index (κ1) is 18.3. The van der Waals surface area contributed by atoms with Gasteiger partial charge in [-0.25, -0.2) is 0 Å². The molecule has 0 saturated carbocycles. The number of methoxy groups -OCH3 is 2. The van der Waals surface area contributed by atoms with Crippen LogP contribution in [0.1, 0.15) is 23.0 Å². The SMILES string of the molecule is COc1ccc(C(=O)NCCN(C(C)=O)c2cc(C)on2)cc1OC. The summed E-state index contributed by atoms with van der Waals surface area (Å²) >= 11 is 0. The molecule has 1 N–H and O–H groups in total. The quantitative estimate of drug-likeness (QED) is 0.820. The van der Waals surface area contributed by atoms with Crippen molar-refractivity contribution in [2.24, 2.45) is 0 Å². The molecule has 8 nitrogen and oxygen atoms in total. The van der Waals surface area contributed by atoms with Crippen molar-refractivity contribution < 1.29 is 23.6 Å². The van der Waals surface area contributed by atoms with Gasteiger partial charge in [-0.1, -0.05) is 5.16 Å². The van der Waals surface area contributed by atoms with E-state index in [-0.39, 0.29) is 24.9 Å². The van der Waals surface area contributed by atoms with Gasteiger partial charge >= 0.3 is 0 Å². The van der Waals surface area contributed by atoms with Crippen LogP contribution in [0.4, 0.5) is 5.82 Å². The number of nitrogens with zero attached hydrogens (tertiary/aromatic N) is 2. The number of hydrogen-bond acceptors (Lipinski definition) is 6. The molecule has 2 rings (SSSR count). The summed E-state index contributed by atoms with van der Waals surface area (Å²) in [5, 5.41) is 6.58. The number of ether oxygens (including phenoxy) is 2. The second-order valence-corrected chi connectivity index (χ2v) is 5.29. The van der Waals surface area contributed by atoms with Crippen molar-refractivity contribution in [2.45, 2.75) is 13.8 Å². The lowest BCUT2D eigenvalue weighted by atomic mass is 10.2. The molecule has 2 aromatic rings. The Balaban J connectivity index is 1.98. The second kappa shape index (κ2) is 8.18. The topological polar surface area (TPSA) is 93.9 Å². The molecule has 0 aliphatic carbocycles. The highest BCUT2D eigenvalue weighted by Gasteiger charge is 2.16. The molecule has 0 spiro atoms. The van der Waals surface area contributed by atoms with Crippen molar-refractivity contribution in [1.29, 1.82) is 0 Å². The van der Waals surface area contributed by atoms with Crippen LogP contribution in [0, 0.1) is 6.92 Å². The monoisotopic (exact) mass is 347 g/mol. The fraction of sp³-hybridized carbons (Fsp3) is 0.353. The van der Waals surface area contributed by atoms with Crippen molar-refractivity contribution >= 4 is 17.6 Å². The van der Waals surface area contributed by atoms with Crippen molar-refractivity contribution in [1.82, 2.24) is 10.5 Å². The Morgan fingerprint density at radius 1 is 1.20 bits per heavy atom. The van der Waals surface area contributed by atoms with Crippen LogP contribution in [0.15, 0.2) is 28.8 Å². The molecular formula is C17H21N3O5. The third-order valence-electron chi connectivity index (χ3n) is 3.54. The van der Waals surface area contributed by atoms with E-state index in [1.54, 1.807) is 31.2 Å². The Kier molecular flexibility index (Phi) is 5.99. The largest absolute Gasteiger partial charge is 0.493 e. The van der Waals surface area contributed by atoms with Crippen LogP contribution in [0.2, 0.25) is 0 Å². The minimum atomic E-state index is -0.277. The summed E-state index contributed by atoms with van der Waals surface area (Å²) in [6.07, 6.45) is 0. The number of carbonyl (C=O) groups excluding carboxylic acids is 2. The highest BCUT2D eigenvalue weighted by Crippen LogP contribution is 2.27. The Hall–Kier alpha value is -3.03. The van der Waals surface area contributed by atoms with Crippen molar-refractivity contribution in [3.63, 3.8) is 0 Å². The van der Waals surface area contributed by atoms with E-state index in [2.05, 4.69) is 10.5 Å². The molecule has 0 atom stereocenters. The standard InChI is InChI=1S/C17H21N3O5/c1-11-9-16(19-25-11)20(12(2)21)8-7-18-17(22)13-5-6-14(23-3)15(10-13)24-4/h5-6,9-10H,7-8H2,1-4H3,(H,18,22). The Morgan fingerprint density at radius 2 is 1.92 bits per heavy atom. The summed E-state index contributed by atoms with van der Waals surface area (Å²) < 4.78 is 15.3. The molecule has 1 aromatic carbocycles. The van der Waals surface area contributed by atoms with Crippen LogP contribution in [-0.2, 0) is 4.79 Å². The van der Waals surface area contributed by atoms with Crippen molar-refractivity contribution in [3.05, 3.63) is 35.6 Å². The van der Waals surface area contributed by atoms with Crippen LogP contribution in [0.5, 0.6) is 11.5 Å². The van der Waals surface area contributed by atoms with Crippen molar-refractivity contribution in [3.8, 4) is 11.5 Å². The normalized spacial score (nSPS) is 10.2. The maximum absolute atomic E-state index is 12.3. The van der Waals surface area contributed by atoms with Gasteiger partial charge in [-0.2, -0.15) is 0 Å². The van der Waals surface area contributed by atoms with Gasteiger partial charge in [0.1, 0.15) is 5.76 Å². The van der Waals surface area contributed by atoms with E-state index in [0.29, 0.717) is 28.6 Å². The predicted octanol–water partition coefficient (Wildman–Crippen LogP) is 1.78. The minimum absolute atomic E-state index is 0.186. The van der Waals surface area contributed by atoms with Gasteiger partial charge in [0.05, 0.1) is 14.2 Å². The third kappa shape index (κ3) is 4.50. The van der Waals surface area contributed by atoms with Gasteiger partial charge in [0.25, 0.3) is 5.91 Å². The summed E-state index contributed by atoms with van der Waals surface area (Å²) in [4.78, 5) is 25.4. The van der Waals surface area contributed by atoms with E-state index >= 15 is 0 Å². The van der Waals surface area contributed by atoms with Crippen molar-refractivity contribution in [2.75, 3.05) is 32.2 Å². The number of rotatable bonds is 7. The zero-order valence-electron chi connectivity index (χ0n) is 14.7. The van der Waals surface area contributed by atoms with Crippen LogP contribution in [0.25, 0.3) is 0 Å². The minimum Gasteiger partial charge on any atom is -0.493 e. The summed E-state index contributed by atoms with van der Waals surface area (Å²) in [7, 11) is 3.03. The average Bonchev–Trinajstić information content (AvgIpc) is 3.03. The van der Waals surface area contributed by atoms with Crippen LogP contribution >= 0.6 is 0 Å². The van der Waals surface area contributed by atoms with Gasteiger partial charge in [-0.3, -0.25) is 14.5 Å². The Bertz CT molecular complexity index is 756. The van der Waals surface area contributed by atoms with Gasteiger partial charge in [-0.05, 0) is 25.1 Å². The molecular weight excluding hydrogens is 326 g/mol. The molecule has 134 valence electrons. The number of aromatic nitrogens is 1. The second-order valence-electron chi connectivity index (χ2n) is 5.29. The lowest BCUT2D eigenvalue weighted by molar-refractivity contribution is -0.116. The molecule has 1 heterocycles. The Labute approximate surface area is 145 Å². The Morgan fingerprint density at radius 3 is 2.48 bits per heavy atom. The number of benzene rings is 1. The van der Waals surface area contributed by atoms with Gasteiger partial charge in [0.2, 0.25) is 5.91 Å². The molecule has 0 unspecified atom stereocenters. The molecule has 0 saturated heterocycles. The highest BCUT2D eigenvalue weighted by molar-refractivity contribution is 5.95. The molecule has 0 aliphatic heterocycles. The third-order valence-corrected chi connectivity index (χ3v) is 3.54. The lowest BCUT2D eigenvalue weighted by Gasteiger charge is -2.18. The van der Waals surface area contributed by atoms with E-state index in [0.717, 1.165) is 0 Å². The predicted molar refractivity (Wildman–Crippen MR) is 91.1 cm³/mol. The van der Waals surface area contributed by atoms with Crippen LogP contribution in [-0.4, -0.2) is 44.3 Å². The smallest absolute Gasteiger partial charge is 0.251 e. The fourth-order valence-corrected chi connectivity index (χ4v) is 2.27. The highest BCUT2D eigenvalue weighted by atomic mass is 16.5. The summed E-state index contributed by atoms with van der Waals surface area (Å²) in [6.45, 7) is 3.72. The van der Waals surface area contributed by atoms with Gasteiger partial charge in [0, 0.05) is 31.6 Å². The number of aryl methyl sites for hydroxylation is 1. The molecule has 2 amide bonds. The van der Waals surface area contributed by atoms with Gasteiger partial charge < -0.3 is 19.3 Å². The summed E-state index contributed by atoms with van der Waals surface area (Å²) in [5.74, 6) is 1.58. The lowest BCUT2D eigenvalue weighted by Crippen LogP contribution is -2.37. The molecule has 1 aromatic heterocycles.